The maximum atomic E-state index is 13.9. The molecule has 1 saturated heterocycles. The van der Waals surface area contributed by atoms with Gasteiger partial charge in [-0.25, -0.2) is 4.39 Å². The van der Waals surface area contributed by atoms with Gasteiger partial charge < -0.3 is 10.2 Å². The Morgan fingerprint density at radius 2 is 2.32 bits per heavy atom. The molecule has 4 nitrogen and oxygen atoms in total. The summed E-state index contributed by atoms with van der Waals surface area (Å²) in [6, 6.07) is 4.04. The van der Waals surface area contributed by atoms with Crippen LogP contribution in [0.25, 0.3) is 0 Å². The fourth-order valence-corrected chi connectivity index (χ4v) is 2.55. The van der Waals surface area contributed by atoms with Crippen molar-refractivity contribution < 1.29 is 14.0 Å². The van der Waals surface area contributed by atoms with Gasteiger partial charge in [0.2, 0.25) is 5.91 Å². The number of nitrogens with one attached hydrogen (secondary N) is 1. The van der Waals surface area contributed by atoms with Crippen LogP contribution in [0.2, 0.25) is 0 Å². The summed E-state index contributed by atoms with van der Waals surface area (Å²) in [5.41, 5.74) is -0.0116. The molecule has 1 heterocycles. The van der Waals surface area contributed by atoms with Gasteiger partial charge in [-0.2, -0.15) is 0 Å². The molecule has 19 heavy (non-hydrogen) atoms. The van der Waals surface area contributed by atoms with Crippen LogP contribution in [0.3, 0.4) is 0 Å². The summed E-state index contributed by atoms with van der Waals surface area (Å²) in [4.78, 5) is 25.5. The number of hydrogen-bond acceptors (Lipinski definition) is 2. The summed E-state index contributed by atoms with van der Waals surface area (Å²) >= 11 is 3.06. The molecule has 1 aliphatic heterocycles. The third kappa shape index (κ3) is 2.63. The molecule has 0 saturated carbocycles. The Kier molecular flexibility index (Phi) is 4.19. The Morgan fingerprint density at radius 1 is 1.58 bits per heavy atom. The van der Waals surface area contributed by atoms with Crippen LogP contribution in [-0.2, 0) is 4.79 Å². The Hall–Kier alpha value is -1.43. The second kappa shape index (κ2) is 5.69. The second-order valence-electron chi connectivity index (χ2n) is 4.31. The summed E-state index contributed by atoms with van der Waals surface area (Å²) in [6.07, 6.45) is 0.507. The maximum Gasteiger partial charge on any atom is 0.257 e. The number of piperazine rings is 1. The lowest BCUT2D eigenvalue weighted by atomic mass is 10.1. The van der Waals surface area contributed by atoms with E-state index in [9.17, 15) is 14.0 Å². The van der Waals surface area contributed by atoms with Crippen molar-refractivity contribution in [2.45, 2.75) is 19.4 Å². The monoisotopic (exact) mass is 328 g/mol. The molecular weight excluding hydrogens is 315 g/mol. The second-order valence-corrected chi connectivity index (χ2v) is 5.17. The number of hydrogen-bond donors (Lipinski definition) is 1. The molecule has 1 aliphatic rings. The molecule has 6 heteroatoms. The predicted octanol–water partition coefficient (Wildman–Crippen LogP) is 1.94. The fourth-order valence-electron chi connectivity index (χ4n) is 2.19. The molecule has 0 aromatic heterocycles. The van der Waals surface area contributed by atoms with Gasteiger partial charge >= 0.3 is 0 Å². The molecule has 1 unspecified atom stereocenters. The minimum absolute atomic E-state index is 0.0116. The third-order valence-corrected chi connectivity index (χ3v) is 3.77. The summed E-state index contributed by atoms with van der Waals surface area (Å²) in [5, 5.41) is 2.71. The zero-order valence-corrected chi connectivity index (χ0v) is 12.0. The zero-order chi connectivity index (χ0) is 14.0. The lowest BCUT2D eigenvalue weighted by Gasteiger charge is -2.34. The summed E-state index contributed by atoms with van der Waals surface area (Å²) in [6.45, 7) is 2.62. The Bertz CT molecular complexity index is 521. The zero-order valence-electron chi connectivity index (χ0n) is 10.5. The van der Waals surface area contributed by atoms with Crippen molar-refractivity contribution in [3.63, 3.8) is 0 Å². The van der Waals surface area contributed by atoms with E-state index in [-0.39, 0.29) is 15.9 Å². The first-order valence-electron chi connectivity index (χ1n) is 6.09. The van der Waals surface area contributed by atoms with Gasteiger partial charge in [-0.05, 0) is 34.5 Å². The van der Waals surface area contributed by atoms with Gasteiger partial charge in [0.15, 0.2) is 0 Å². The van der Waals surface area contributed by atoms with Crippen molar-refractivity contribution in [3.05, 3.63) is 34.1 Å². The number of rotatable bonds is 2. The van der Waals surface area contributed by atoms with Crippen LogP contribution in [0, 0.1) is 5.82 Å². The van der Waals surface area contributed by atoms with Gasteiger partial charge in [-0.3, -0.25) is 9.59 Å². The normalized spacial score (nSPS) is 19.2. The predicted molar refractivity (Wildman–Crippen MR) is 72.2 cm³/mol. The maximum absolute atomic E-state index is 13.9. The van der Waals surface area contributed by atoms with E-state index >= 15 is 0 Å². The quantitative estimate of drug-likeness (QED) is 0.901. The van der Waals surface area contributed by atoms with E-state index in [1.165, 1.54) is 17.0 Å². The molecule has 2 rings (SSSR count). The number of benzene rings is 1. The highest BCUT2D eigenvalue weighted by atomic mass is 79.9. The molecule has 1 aromatic rings. The first-order chi connectivity index (χ1) is 9.06. The van der Waals surface area contributed by atoms with Gasteiger partial charge in [-0.1, -0.05) is 13.0 Å². The first kappa shape index (κ1) is 14.0. The molecule has 1 atom stereocenters. The van der Waals surface area contributed by atoms with E-state index in [0.29, 0.717) is 19.5 Å². The third-order valence-electron chi connectivity index (χ3n) is 3.16. The average molecular weight is 329 g/mol. The van der Waals surface area contributed by atoms with Crippen LogP contribution in [0.15, 0.2) is 22.7 Å². The van der Waals surface area contributed by atoms with Gasteiger partial charge in [0.05, 0.1) is 10.0 Å². The van der Waals surface area contributed by atoms with E-state index in [2.05, 4.69) is 21.2 Å². The van der Waals surface area contributed by atoms with Gasteiger partial charge in [0.25, 0.3) is 5.91 Å². The first-order valence-corrected chi connectivity index (χ1v) is 6.88. The molecular formula is C13H14BrFN2O2. The van der Waals surface area contributed by atoms with Crippen molar-refractivity contribution >= 4 is 27.7 Å². The highest BCUT2D eigenvalue weighted by Gasteiger charge is 2.33. The van der Waals surface area contributed by atoms with E-state index in [1.54, 1.807) is 6.07 Å². The van der Waals surface area contributed by atoms with Crippen LogP contribution in [0.4, 0.5) is 4.39 Å². The van der Waals surface area contributed by atoms with Crippen LogP contribution in [0.5, 0.6) is 0 Å². The average Bonchev–Trinajstić information content (AvgIpc) is 2.41. The lowest BCUT2D eigenvalue weighted by Crippen LogP contribution is -2.57. The molecule has 1 fully saturated rings. The molecule has 1 N–H and O–H groups in total. The Balaban J connectivity index is 2.32. The molecule has 0 bridgehead atoms. The molecule has 2 amide bonds. The number of carbonyl (C=O) groups excluding carboxylic acids is 2. The van der Waals surface area contributed by atoms with Crippen molar-refractivity contribution in [1.29, 1.82) is 0 Å². The number of amides is 2. The minimum Gasteiger partial charge on any atom is -0.353 e. The Morgan fingerprint density at radius 3 is 3.00 bits per heavy atom. The SMILES string of the molecule is CCC1C(=O)NCCN1C(=O)c1cccc(Br)c1F. The van der Waals surface area contributed by atoms with E-state index < -0.39 is 17.8 Å². The van der Waals surface area contributed by atoms with Gasteiger partial charge in [0.1, 0.15) is 11.9 Å². The topological polar surface area (TPSA) is 49.4 Å². The smallest absolute Gasteiger partial charge is 0.257 e. The van der Waals surface area contributed by atoms with Crippen molar-refractivity contribution in [3.8, 4) is 0 Å². The summed E-state index contributed by atoms with van der Waals surface area (Å²) < 4.78 is 14.2. The minimum atomic E-state index is -0.590. The fraction of sp³-hybridized carbons (Fsp3) is 0.385. The van der Waals surface area contributed by atoms with Crippen LogP contribution in [-0.4, -0.2) is 35.8 Å². The molecule has 0 aliphatic carbocycles. The number of carbonyl (C=O) groups is 2. The van der Waals surface area contributed by atoms with Gasteiger partial charge in [0, 0.05) is 13.1 Å². The lowest BCUT2D eigenvalue weighted by molar-refractivity contribution is -0.127. The van der Waals surface area contributed by atoms with Crippen molar-refractivity contribution in [2.24, 2.45) is 0 Å². The molecule has 102 valence electrons. The van der Waals surface area contributed by atoms with Crippen molar-refractivity contribution in [1.82, 2.24) is 10.2 Å². The van der Waals surface area contributed by atoms with Crippen molar-refractivity contribution in [2.75, 3.05) is 13.1 Å². The molecule has 0 spiro atoms. The number of nitrogens with zero attached hydrogens (tertiary/aromatic N) is 1. The van der Waals surface area contributed by atoms with E-state index in [1.807, 2.05) is 6.92 Å². The largest absolute Gasteiger partial charge is 0.353 e. The van der Waals surface area contributed by atoms with Crippen LogP contribution >= 0.6 is 15.9 Å². The summed E-state index contributed by atoms with van der Waals surface area (Å²) in [7, 11) is 0. The highest BCUT2D eigenvalue weighted by molar-refractivity contribution is 9.10. The van der Waals surface area contributed by atoms with E-state index in [0.717, 1.165) is 0 Å². The molecule has 1 aromatic carbocycles. The Labute approximate surface area is 119 Å². The number of halogens is 2. The van der Waals surface area contributed by atoms with Crippen LogP contribution < -0.4 is 5.32 Å². The van der Waals surface area contributed by atoms with Crippen LogP contribution in [0.1, 0.15) is 23.7 Å². The molecule has 0 radical (unpaired) electrons. The standard InChI is InChI=1S/C13H14BrFN2O2/c1-2-10-12(18)16-6-7-17(10)13(19)8-4-3-5-9(14)11(8)15/h3-5,10H,2,6-7H2,1H3,(H,16,18). The van der Waals surface area contributed by atoms with E-state index in [4.69, 9.17) is 0 Å². The highest BCUT2D eigenvalue weighted by Crippen LogP contribution is 2.21. The van der Waals surface area contributed by atoms with Gasteiger partial charge in [-0.15, -0.1) is 0 Å². The summed E-state index contributed by atoms with van der Waals surface area (Å²) in [5.74, 6) is -1.22.